The highest BCUT2D eigenvalue weighted by Gasteiger charge is 2.45. The average molecular weight is 927 g/mol. The molecule has 0 heterocycles. The van der Waals surface area contributed by atoms with E-state index in [1.165, 1.54) is 104 Å². The van der Waals surface area contributed by atoms with Gasteiger partial charge < -0.3 is 9.80 Å². The number of allylic oxidation sites excluding steroid dienone is 7. The Morgan fingerprint density at radius 1 is 0.403 bits per heavy atom. The maximum Gasteiger partial charge on any atom is 0.0473 e. The number of fused-ring (bicyclic) bond motifs is 5. The van der Waals surface area contributed by atoms with Crippen LogP contribution >= 0.6 is 0 Å². The van der Waals surface area contributed by atoms with Gasteiger partial charge in [0.1, 0.15) is 0 Å². The molecular weight excluding hydrogens is 869 g/mol. The zero-order chi connectivity index (χ0) is 48.3. The minimum absolute atomic E-state index is 0.0828. The van der Waals surface area contributed by atoms with E-state index >= 15 is 0 Å². The van der Waals surface area contributed by atoms with E-state index in [0.29, 0.717) is 0 Å². The lowest BCUT2D eigenvalue weighted by molar-refractivity contribution is 0.550. The summed E-state index contributed by atoms with van der Waals surface area (Å²) < 4.78 is 0. The molecule has 0 saturated heterocycles. The number of hydrogen-bond donors (Lipinski definition) is 0. The largest absolute Gasteiger partial charge is 0.310 e. The lowest BCUT2D eigenvalue weighted by atomic mass is 9.76. The van der Waals surface area contributed by atoms with Gasteiger partial charge in [0.05, 0.1) is 0 Å². The standard InChI is InChI=1S/C70H58N2/c1-2-3-7-19-51-20-18-27-63(46-51)72(64-42-43-67-66-28-14-15-29-68(66)70(69(67)50-64)44-16-17-45-70)62-40-34-57(35-41-62)56-32-38-61(39-33-56)71(60-36-30-55(31-37-60)52-21-8-4-9-22-52)65-48-58(53-23-10-5-11-24-53)47-59(49-65)54-25-12-6-13-26-54/h2-12,14-15,18-25,27-43,46-50H,13,16-17,26,44-45H2,1H3/b3-2-,19-7-. The molecule has 1 spiro atoms. The maximum atomic E-state index is 2.51. The van der Waals surface area contributed by atoms with Gasteiger partial charge in [-0.2, -0.15) is 0 Å². The number of hydrogen-bond acceptors (Lipinski definition) is 2. The summed E-state index contributed by atoms with van der Waals surface area (Å²) in [4.78, 5) is 4.87. The molecule has 3 aliphatic carbocycles. The van der Waals surface area contributed by atoms with Gasteiger partial charge in [-0.15, -0.1) is 0 Å². The van der Waals surface area contributed by atoms with Crippen LogP contribution in [0.2, 0.25) is 0 Å². The molecule has 0 radical (unpaired) electrons. The van der Waals surface area contributed by atoms with Crippen molar-refractivity contribution < 1.29 is 0 Å². The molecule has 2 heteroatoms. The van der Waals surface area contributed by atoms with Crippen molar-refractivity contribution in [3.05, 3.63) is 277 Å². The molecule has 9 aromatic carbocycles. The van der Waals surface area contributed by atoms with Gasteiger partial charge in [-0.05, 0) is 184 Å². The summed E-state index contributed by atoms with van der Waals surface area (Å²) in [5.41, 5.74) is 23.6. The number of nitrogens with zero attached hydrogens (tertiary/aromatic N) is 2. The van der Waals surface area contributed by atoms with Gasteiger partial charge in [-0.25, -0.2) is 0 Å². The van der Waals surface area contributed by atoms with E-state index in [0.717, 1.165) is 41.3 Å². The minimum atomic E-state index is 0.0828. The fourth-order valence-electron chi connectivity index (χ4n) is 11.6. The Hall–Kier alpha value is -8.46. The predicted octanol–water partition coefficient (Wildman–Crippen LogP) is 19.8. The van der Waals surface area contributed by atoms with Crippen LogP contribution in [0, 0.1) is 0 Å². The van der Waals surface area contributed by atoms with Crippen molar-refractivity contribution in [3.63, 3.8) is 0 Å². The van der Waals surface area contributed by atoms with Crippen molar-refractivity contribution in [3.8, 4) is 44.5 Å². The van der Waals surface area contributed by atoms with Crippen LogP contribution in [-0.4, -0.2) is 0 Å². The molecule has 0 atom stereocenters. The number of anilines is 6. The Balaban J connectivity index is 0.921. The van der Waals surface area contributed by atoms with Gasteiger partial charge in [0, 0.05) is 39.5 Å². The highest BCUT2D eigenvalue weighted by molar-refractivity contribution is 5.88. The third-order valence-electron chi connectivity index (χ3n) is 15.2. The van der Waals surface area contributed by atoms with Crippen LogP contribution in [0.4, 0.5) is 34.1 Å². The molecule has 348 valence electrons. The first kappa shape index (κ1) is 44.7. The Morgan fingerprint density at radius 2 is 0.944 bits per heavy atom. The molecule has 0 aromatic heterocycles. The Morgan fingerprint density at radius 3 is 1.57 bits per heavy atom. The normalized spacial score (nSPS) is 14.4. The first-order valence-corrected chi connectivity index (χ1v) is 25.8. The van der Waals surface area contributed by atoms with Crippen molar-refractivity contribution in [2.45, 2.75) is 50.9 Å². The highest BCUT2D eigenvalue weighted by Crippen LogP contribution is 2.58. The Labute approximate surface area is 425 Å². The molecule has 1 saturated carbocycles. The second kappa shape index (κ2) is 19.7. The van der Waals surface area contributed by atoms with Crippen LogP contribution in [-0.2, 0) is 5.41 Å². The van der Waals surface area contributed by atoms with E-state index in [4.69, 9.17) is 0 Å². The minimum Gasteiger partial charge on any atom is -0.310 e. The van der Waals surface area contributed by atoms with Gasteiger partial charge in [0.25, 0.3) is 0 Å². The predicted molar refractivity (Wildman–Crippen MR) is 307 cm³/mol. The van der Waals surface area contributed by atoms with Crippen molar-refractivity contribution in [1.82, 2.24) is 0 Å². The average Bonchev–Trinajstić information content (AvgIpc) is 4.06. The SMILES string of the molecule is C/C=C\C=C/c1cccc(N(c2ccc(-c3ccc(N(c4ccc(-c5ccccc5)cc4)c4cc(C5=CC=CCC5)cc(-c5ccccc5)c4)cc3)cc2)c2ccc3c(c2)C2(CCCC2)c2ccccc2-3)c1. The Kier molecular flexibility index (Phi) is 12.3. The van der Waals surface area contributed by atoms with Crippen molar-refractivity contribution in [2.75, 3.05) is 9.80 Å². The third kappa shape index (κ3) is 8.64. The van der Waals surface area contributed by atoms with E-state index < -0.39 is 0 Å². The second-order valence-electron chi connectivity index (χ2n) is 19.5. The van der Waals surface area contributed by atoms with Crippen LogP contribution in [0.5, 0.6) is 0 Å². The number of rotatable bonds is 12. The van der Waals surface area contributed by atoms with Crippen LogP contribution in [0.3, 0.4) is 0 Å². The monoisotopic (exact) mass is 926 g/mol. The van der Waals surface area contributed by atoms with Gasteiger partial charge >= 0.3 is 0 Å². The van der Waals surface area contributed by atoms with Gasteiger partial charge in [-0.1, -0.05) is 195 Å². The number of benzene rings is 9. The van der Waals surface area contributed by atoms with Gasteiger partial charge in [-0.3, -0.25) is 0 Å². The zero-order valence-corrected chi connectivity index (χ0v) is 41.0. The zero-order valence-electron chi connectivity index (χ0n) is 41.0. The topological polar surface area (TPSA) is 6.48 Å². The van der Waals surface area contributed by atoms with E-state index in [1.54, 1.807) is 0 Å². The summed E-state index contributed by atoms with van der Waals surface area (Å²) in [5.74, 6) is 0. The highest BCUT2D eigenvalue weighted by atomic mass is 15.1. The molecule has 1 fully saturated rings. The van der Waals surface area contributed by atoms with Gasteiger partial charge in [0.2, 0.25) is 0 Å². The van der Waals surface area contributed by atoms with Crippen LogP contribution in [0.25, 0.3) is 56.2 Å². The van der Waals surface area contributed by atoms with Crippen LogP contribution < -0.4 is 9.80 Å². The lowest BCUT2D eigenvalue weighted by Gasteiger charge is -2.30. The van der Waals surface area contributed by atoms with E-state index in [1.807, 2.05) is 0 Å². The van der Waals surface area contributed by atoms with Crippen molar-refractivity contribution in [1.29, 1.82) is 0 Å². The molecule has 2 nitrogen and oxygen atoms in total. The summed E-state index contributed by atoms with van der Waals surface area (Å²) in [6, 6.07) is 81.2. The fourth-order valence-corrected chi connectivity index (χ4v) is 11.6. The summed E-state index contributed by atoms with van der Waals surface area (Å²) >= 11 is 0. The fraction of sp³-hybridized carbons (Fsp3) is 0.114. The molecule has 0 amide bonds. The molecule has 72 heavy (non-hydrogen) atoms. The second-order valence-corrected chi connectivity index (χ2v) is 19.5. The molecule has 0 bridgehead atoms. The summed E-state index contributed by atoms with van der Waals surface area (Å²) in [6.45, 7) is 2.06. The van der Waals surface area contributed by atoms with E-state index in [-0.39, 0.29) is 5.41 Å². The lowest BCUT2D eigenvalue weighted by Crippen LogP contribution is -2.21. The first-order chi connectivity index (χ1) is 35.6. The smallest absolute Gasteiger partial charge is 0.0473 e. The summed E-state index contributed by atoms with van der Waals surface area (Å²) in [6.07, 6.45) is 22.2. The quantitative estimate of drug-likeness (QED) is 0.113. The van der Waals surface area contributed by atoms with Crippen LogP contribution in [0.1, 0.15) is 67.7 Å². The summed E-state index contributed by atoms with van der Waals surface area (Å²) in [5, 5.41) is 0. The van der Waals surface area contributed by atoms with Gasteiger partial charge in [0.15, 0.2) is 0 Å². The Bertz CT molecular complexity index is 3500. The first-order valence-electron chi connectivity index (χ1n) is 25.8. The molecule has 3 aliphatic rings. The third-order valence-corrected chi connectivity index (χ3v) is 15.2. The molecule has 12 rings (SSSR count). The molecule has 9 aromatic rings. The maximum absolute atomic E-state index is 2.51. The van der Waals surface area contributed by atoms with Crippen molar-refractivity contribution in [2.24, 2.45) is 0 Å². The molecule has 0 N–H and O–H groups in total. The molecule has 0 unspecified atom stereocenters. The molecule has 0 aliphatic heterocycles. The van der Waals surface area contributed by atoms with E-state index in [9.17, 15) is 0 Å². The molecular formula is C70H58N2. The summed E-state index contributed by atoms with van der Waals surface area (Å²) in [7, 11) is 0. The van der Waals surface area contributed by atoms with Crippen molar-refractivity contribution >= 4 is 45.8 Å². The van der Waals surface area contributed by atoms with E-state index in [2.05, 4.69) is 278 Å². The van der Waals surface area contributed by atoms with Crippen LogP contribution in [0.15, 0.2) is 255 Å².